The van der Waals surface area contributed by atoms with Gasteiger partial charge in [0.05, 0.1) is 12.0 Å². The van der Waals surface area contributed by atoms with Crippen molar-refractivity contribution in [2.24, 2.45) is 5.41 Å². The van der Waals surface area contributed by atoms with E-state index in [2.05, 4.69) is 10.6 Å². The van der Waals surface area contributed by atoms with Crippen molar-refractivity contribution in [3.05, 3.63) is 0 Å². The molecule has 0 radical (unpaired) electrons. The van der Waals surface area contributed by atoms with E-state index in [1.54, 1.807) is 0 Å². The lowest BCUT2D eigenvalue weighted by Crippen LogP contribution is -2.42. The lowest BCUT2D eigenvalue weighted by molar-refractivity contribution is -0.152. The van der Waals surface area contributed by atoms with E-state index in [1.807, 2.05) is 13.8 Å². The number of amides is 2. The molecule has 1 saturated carbocycles. The Morgan fingerprint density at radius 1 is 1.05 bits per heavy atom. The molecule has 0 heterocycles. The number of hydrogen-bond donors (Lipinski definition) is 3. The van der Waals surface area contributed by atoms with Gasteiger partial charge in [0, 0.05) is 12.5 Å². The Morgan fingerprint density at radius 3 is 2.10 bits per heavy atom. The second kappa shape index (κ2) is 8.00. The van der Waals surface area contributed by atoms with Gasteiger partial charge >= 0.3 is 5.97 Å². The second-order valence-corrected chi connectivity index (χ2v) is 6.18. The van der Waals surface area contributed by atoms with E-state index in [1.165, 1.54) is 0 Å². The minimum absolute atomic E-state index is 0.0154. The van der Waals surface area contributed by atoms with E-state index in [0.717, 1.165) is 25.7 Å². The summed E-state index contributed by atoms with van der Waals surface area (Å²) in [5, 5.41) is 14.7. The quantitative estimate of drug-likeness (QED) is 0.647. The smallest absolute Gasteiger partial charge is 0.310 e. The number of aliphatic carboxylic acids is 1. The van der Waals surface area contributed by atoms with E-state index in [-0.39, 0.29) is 30.8 Å². The van der Waals surface area contributed by atoms with Crippen molar-refractivity contribution in [3.63, 3.8) is 0 Å². The molecule has 1 fully saturated rings. The number of carboxylic acid groups (broad SMARTS) is 1. The zero-order chi connectivity index (χ0) is 15.9. The van der Waals surface area contributed by atoms with Crippen molar-refractivity contribution in [1.82, 2.24) is 10.6 Å². The van der Waals surface area contributed by atoms with Crippen molar-refractivity contribution in [2.75, 3.05) is 6.54 Å². The summed E-state index contributed by atoms with van der Waals surface area (Å²) in [5.41, 5.74) is -0.963. The molecule has 0 unspecified atom stereocenters. The van der Waals surface area contributed by atoms with Crippen LogP contribution in [0.1, 0.15) is 58.8 Å². The molecule has 0 aromatic carbocycles. The van der Waals surface area contributed by atoms with Crippen LogP contribution in [0.4, 0.5) is 0 Å². The third kappa shape index (κ3) is 5.73. The molecule has 0 atom stereocenters. The standard InChI is InChI=1S/C15H26N2O4/c1-11(2)17-13(19)10-16-12(18)9-15(14(20)21)7-5-3-4-6-8-15/h11H,3-10H2,1-2H3,(H,16,18)(H,17,19)(H,20,21). The minimum Gasteiger partial charge on any atom is -0.481 e. The van der Waals surface area contributed by atoms with Gasteiger partial charge in [-0.2, -0.15) is 0 Å². The molecule has 0 spiro atoms. The third-order valence-electron chi connectivity index (χ3n) is 3.91. The first-order valence-corrected chi connectivity index (χ1v) is 7.65. The first-order chi connectivity index (χ1) is 9.85. The summed E-state index contributed by atoms with van der Waals surface area (Å²) in [5.74, 6) is -1.52. The monoisotopic (exact) mass is 298 g/mol. The summed E-state index contributed by atoms with van der Waals surface area (Å²) in [6.07, 6.45) is 4.75. The Bertz CT molecular complexity index is 385. The molecule has 21 heavy (non-hydrogen) atoms. The molecular formula is C15H26N2O4. The normalized spacial score (nSPS) is 17.9. The third-order valence-corrected chi connectivity index (χ3v) is 3.91. The van der Waals surface area contributed by atoms with Gasteiger partial charge < -0.3 is 15.7 Å². The van der Waals surface area contributed by atoms with Gasteiger partial charge in [0.15, 0.2) is 0 Å². The molecular weight excluding hydrogens is 272 g/mol. The number of rotatable bonds is 6. The number of hydrogen-bond acceptors (Lipinski definition) is 3. The maximum Gasteiger partial charge on any atom is 0.310 e. The zero-order valence-corrected chi connectivity index (χ0v) is 12.9. The number of nitrogens with one attached hydrogen (secondary N) is 2. The molecule has 1 rings (SSSR count). The van der Waals surface area contributed by atoms with Crippen LogP contribution in [0.25, 0.3) is 0 Å². The average Bonchev–Trinajstić information content (AvgIpc) is 2.62. The van der Waals surface area contributed by atoms with Gasteiger partial charge in [0.2, 0.25) is 11.8 Å². The van der Waals surface area contributed by atoms with Gasteiger partial charge in [-0.1, -0.05) is 25.7 Å². The minimum atomic E-state index is -0.963. The molecule has 6 nitrogen and oxygen atoms in total. The van der Waals surface area contributed by atoms with Crippen LogP contribution < -0.4 is 10.6 Å². The van der Waals surface area contributed by atoms with Crippen LogP contribution in [0.3, 0.4) is 0 Å². The topological polar surface area (TPSA) is 95.5 Å². The summed E-state index contributed by atoms with van der Waals surface area (Å²) >= 11 is 0. The van der Waals surface area contributed by atoms with E-state index in [9.17, 15) is 19.5 Å². The summed E-state index contributed by atoms with van der Waals surface area (Å²) < 4.78 is 0. The highest BCUT2D eigenvalue weighted by molar-refractivity contribution is 5.88. The Morgan fingerprint density at radius 2 is 1.62 bits per heavy atom. The van der Waals surface area contributed by atoms with Crippen LogP contribution in [0.2, 0.25) is 0 Å². The van der Waals surface area contributed by atoms with Gasteiger partial charge in [-0.15, -0.1) is 0 Å². The van der Waals surface area contributed by atoms with E-state index >= 15 is 0 Å². The van der Waals surface area contributed by atoms with Gasteiger partial charge in [-0.05, 0) is 26.7 Å². The largest absolute Gasteiger partial charge is 0.481 e. The summed E-state index contributed by atoms with van der Waals surface area (Å²) in [6, 6.07) is 0.0154. The second-order valence-electron chi connectivity index (χ2n) is 6.18. The van der Waals surface area contributed by atoms with E-state index in [4.69, 9.17) is 0 Å². The molecule has 3 N–H and O–H groups in total. The number of carbonyl (C=O) groups excluding carboxylic acids is 2. The van der Waals surface area contributed by atoms with Crippen LogP contribution in [-0.4, -0.2) is 35.5 Å². The van der Waals surface area contributed by atoms with Crippen LogP contribution in [0, 0.1) is 5.41 Å². The first-order valence-electron chi connectivity index (χ1n) is 7.65. The Hall–Kier alpha value is -1.59. The maximum absolute atomic E-state index is 12.0. The summed E-state index contributed by atoms with van der Waals surface area (Å²) in [6.45, 7) is 3.57. The predicted molar refractivity (Wildman–Crippen MR) is 78.7 cm³/mol. The Balaban J connectivity index is 2.53. The highest BCUT2D eigenvalue weighted by Gasteiger charge is 2.40. The predicted octanol–water partition coefficient (Wildman–Crippen LogP) is 1.44. The summed E-state index contributed by atoms with van der Waals surface area (Å²) in [7, 11) is 0. The molecule has 0 aromatic heterocycles. The average molecular weight is 298 g/mol. The van der Waals surface area contributed by atoms with Crippen molar-refractivity contribution in [1.29, 1.82) is 0 Å². The zero-order valence-electron chi connectivity index (χ0n) is 12.9. The van der Waals surface area contributed by atoms with Crippen molar-refractivity contribution in [3.8, 4) is 0 Å². The van der Waals surface area contributed by atoms with Gasteiger partial charge in [-0.25, -0.2) is 0 Å². The Kier molecular flexibility index (Phi) is 6.65. The highest BCUT2D eigenvalue weighted by Crippen LogP contribution is 2.38. The van der Waals surface area contributed by atoms with Gasteiger partial charge in [-0.3, -0.25) is 14.4 Å². The maximum atomic E-state index is 12.0. The Labute approximate surface area is 125 Å². The molecule has 1 aliphatic carbocycles. The molecule has 2 amide bonds. The molecule has 0 saturated heterocycles. The molecule has 0 aromatic rings. The number of carbonyl (C=O) groups is 3. The lowest BCUT2D eigenvalue weighted by Gasteiger charge is -2.27. The van der Waals surface area contributed by atoms with Crippen LogP contribution in [-0.2, 0) is 14.4 Å². The SMILES string of the molecule is CC(C)NC(=O)CNC(=O)CC1(C(=O)O)CCCCCC1. The van der Waals surface area contributed by atoms with Crippen LogP contribution in [0.5, 0.6) is 0 Å². The van der Waals surface area contributed by atoms with Gasteiger partial charge in [0.25, 0.3) is 0 Å². The highest BCUT2D eigenvalue weighted by atomic mass is 16.4. The molecule has 0 aliphatic heterocycles. The molecule has 0 bridgehead atoms. The lowest BCUT2D eigenvalue weighted by atomic mass is 9.77. The summed E-state index contributed by atoms with van der Waals surface area (Å²) in [4.78, 5) is 35.0. The van der Waals surface area contributed by atoms with Crippen molar-refractivity contribution >= 4 is 17.8 Å². The fraction of sp³-hybridized carbons (Fsp3) is 0.800. The molecule has 120 valence electrons. The van der Waals surface area contributed by atoms with Gasteiger partial charge in [0.1, 0.15) is 0 Å². The molecule has 6 heteroatoms. The van der Waals surface area contributed by atoms with Crippen LogP contribution >= 0.6 is 0 Å². The van der Waals surface area contributed by atoms with Crippen molar-refractivity contribution < 1.29 is 19.5 Å². The first kappa shape index (κ1) is 17.5. The van der Waals surface area contributed by atoms with Crippen LogP contribution in [0.15, 0.2) is 0 Å². The number of carboxylic acids is 1. The van der Waals surface area contributed by atoms with E-state index < -0.39 is 11.4 Å². The fourth-order valence-corrected chi connectivity index (χ4v) is 2.79. The van der Waals surface area contributed by atoms with E-state index in [0.29, 0.717) is 12.8 Å². The molecule has 1 aliphatic rings. The fourth-order valence-electron chi connectivity index (χ4n) is 2.79. The van der Waals surface area contributed by atoms with Crippen molar-refractivity contribution in [2.45, 2.75) is 64.8 Å².